The molecule has 0 N–H and O–H groups in total. The van der Waals surface area contributed by atoms with Gasteiger partial charge in [0.25, 0.3) is 0 Å². The minimum absolute atomic E-state index is 0.170. The molecule has 0 saturated heterocycles. The van der Waals surface area contributed by atoms with Gasteiger partial charge >= 0.3 is 0 Å². The van der Waals surface area contributed by atoms with E-state index < -0.39 is 0 Å². The summed E-state index contributed by atoms with van der Waals surface area (Å²) in [5.41, 5.74) is 0.885. The molecule has 3 nitrogen and oxygen atoms in total. The molecular weight excluding hydrogens is 229 g/mol. The highest BCUT2D eigenvalue weighted by molar-refractivity contribution is 6.30. The molecule has 2 aromatic rings. The van der Waals surface area contributed by atoms with Gasteiger partial charge in [0.2, 0.25) is 0 Å². The van der Waals surface area contributed by atoms with Crippen LogP contribution in [0.5, 0.6) is 0 Å². The Balaban J connectivity index is 2.57. The molecule has 80 valence electrons. The zero-order valence-electron chi connectivity index (χ0n) is 8.41. The van der Waals surface area contributed by atoms with Crippen LogP contribution >= 0.6 is 11.6 Å². The van der Waals surface area contributed by atoms with E-state index in [0.717, 1.165) is 0 Å². The number of imidazole rings is 1. The van der Waals surface area contributed by atoms with Gasteiger partial charge in [-0.2, -0.15) is 5.26 Å². The largest absolute Gasteiger partial charge is 0.317 e. The molecule has 1 heterocycles. The fourth-order valence-corrected chi connectivity index (χ4v) is 1.57. The van der Waals surface area contributed by atoms with E-state index in [1.165, 1.54) is 12.1 Å². The second-order valence-corrected chi connectivity index (χ2v) is 3.61. The van der Waals surface area contributed by atoms with Crippen LogP contribution in [0.4, 0.5) is 4.39 Å². The number of hydrogen-bond acceptors (Lipinski definition) is 2. The van der Waals surface area contributed by atoms with Crippen molar-refractivity contribution in [1.82, 2.24) is 9.55 Å². The summed E-state index contributed by atoms with van der Waals surface area (Å²) in [5.74, 6) is 0.228. The summed E-state index contributed by atoms with van der Waals surface area (Å²) in [6.07, 6.45) is 0. The third-order valence-corrected chi connectivity index (χ3v) is 2.67. The molecule has 2 rings (SSSR count). The monoisotopic (exact) mass is 235 g/mol. The molecular formula is C11H7ClFN3. The van der Waals surface area contributed by atoms with E-state index in [4.69, 9.17) is 16.9 Å². The minimum Gasteiger partial charge on any atom is -0.317 e. The predicted octanol–water partition coefficient (Wildman–Crippen LogP) is 2.75. The molecule has 0 radical (unpaired) electrons. The molecule has 0 fully saturated rings. The highest BCUT2D eigenvalue weighted by Gasteiger charge is 2.13. The van der Waals surface area contributed by atoms with Crippen LogP contribution in [0.2, 0.25) is 5.15 Å². The number of hydrogen-bond donors (Lipinski definition) is 0. The minimum atomic E-state index is -0.315. The number of rotatable bonds is 1. The highest BCUT2D eigenvalue weighted by atomic mass is 35.5. The number of halogens is 2. The quantitative estimate of drug-likeness (QED) is 0.763. The molecule has 5 heteroatoms. The van der Waals surface area contributed by atoms with Crippen LogP contribution in [0, 0.1) is 17.1 Å². The smallest absolute Gasteiger partial charge is 0.178 e. The fraction of sp³-hybridized carbons (Fsp3) is 0.0909. The first-order chi connectivity index (χ1) is 7.63. The summed E-state index contributed by atoms with van der Waals surface area (Å²) in [4.78, 5) is 4.08. The summed E-state index contributed by atoms with van der Waals surface area (Å²) in [6.45, 7) is 0. The Bertz CT molecular complexity index is 566. The van der Waals surface area contributed by atoms with Gasteiger partial charge in [0.05, 0.1) is 0 Å². The highest BCUT2D eigenvalue weighted by Crippen LogP contribution is 2.24. The maximum Gasteiger partial charge on any atom is 0.178 e. The van der Waals surface area contributed by atoms with Crippen LogP contribution in [0.3, 0.4) is 0 Å². The van der Waals surface area contributed by atoms with Crippen LogP contribution in [0.1, 0.15) is 5.69 Å². The SMILES string of the molecule is Cn1c(-c2ccc(F)cc2)nc(C#N)c1Cl. The van der Waals surface area contributed by atoms with Crippen molar-refractivity contribution in [1.29, 1.82) is 5.26 Å². The zero-order valence-corrected chi connectivity index (χ0v) is 9.16. The van der Waals surface area contributed by atoms with Gasteiger partial charge < -0.3 is 4.57 Å². The Kier molecular flexibility index (Phi) is 2.63. The molecule has 0 aliphatic heterocycles. The average Bonchev–Trinajstić information content (AvgIpc) is 2.57. The first kappa shape index (κ1) is 10.7. The van der Waals surface area contributed by atoms with Crippen molar-refractivity contribution in [2.75, 3.05) is 0 Å². The molecule has 0 aliphatic carbocycles. The third-order valence-electron chi connectivity index (χ3n) is 2.23. The van der Waals surface area contributed by atoms with E-state index in [1.807, 2.05) is 6.07 Å². The van der Waals surface area contributed by atoms with Gasteiger partial charge in [-0.1, -0.05) is 11.6 Å². The number of nitrogens with zero attached hydrogens (tertiary/aromatic N) is 3. The molecule has 0 bridgehead atoms. The Morgan fingerprint density at radius 3 is 2.50 bits per heavy atom. The van der Waals surface area contributed by atoms with E-state index in [0.29, 0.717) is 11.4 Å². The van der Waals surface area contributed by atoms with Gasteiger partial charge in [-0.15, -0.1) is 0 Å². The molecule has 0 unspecified atom stereocenters. The van der Waals surface area contributed by atoms with E-state index in [-0.39, 0.29) is 16.7 Å². The zero-order chi connectivity index (χ0) is 11.7. The molecule has 0 atom stereocenters. The van der Waals surface area contributed by atoms with Gasteiger partial charge in [0.15, 0.2) is 5.69 Å². The van der Waals surface area contributed by atoms with Crippen LogP contribution < -0.4 is 0 Å². The Labute approximate surface area is 96.7 Å². The molecule has 0 spiro atoms. The lowest BCUT2D eigenvalue weighted by molar-refractivity contribution is 0.628. The van der Waals surface area contributed by atoms with Gasteiger partial charge in [-0.3, -0.25) is 0 Å². The lowest BCUT2D eigenvalue weighted by Gasteiger charge is -2.01. The predicted molar refractivity (Wildman–Crippen MR) is 58.3 cm³/mol. The van der Waals surface area contributed by atoms with E-state index in [2.05, 4.69) is 4.98 Å². The van der Waals surface area contributed by atoms with Crippen molar-refractivity contribution in [3.05, 3.63) is 40.9 Å². The summed E-state index contributed by atoms with van der Waals surface area (Å²) >= 11 is 5.90. The van der Waals surface area contributed by atoms with Crippen LogP contribution in [-0.4, -0.2) is 9.55 Å². The molecule has 0 saturated carbocycles. The Morgan fingerprint density at radius 1 is 1.38 bits per heavy atom. The summed E-state index contributed by atoms with van der Waals surface area (Å²) in [6, 6.07) is 7.76. The van der Waals surface area contributed by atoms with Gasteiger partial charge in [-0.05, 0) is 24.3 Å². The molecule has 0 aliphatic rings. The summed E-state index contributed by atoms with van der Waals surface area (Å²) in [7, 11) is 1.70. The fourth-order valence-electron chi connectivity index (χ4n) is 1.41. The normalized spacial score (nSPS) is 10.1. The van der Waals surface area contributed by atoms with E-state index in [1.54, 1.807) is 23.7 Å². The maximum absolute atomic E-state index is 12.7. The van der Waals surface area contributed by atoms with Crippen molar-refractivity contribution in [3.8, 4) is 17.5 Å². The van der Waals surface area contributed by atoms with Crippen LogP contribution in [-0.2, 0) is 7.05 Å². The van der Waals surface area contributed by atoms with Crippen molar-refractivity contribution in [3.63, 3.8) is 0 Å². The van der Waals surface area contributed by atoms with Gasteiger partial charge in [-0.25, -0.2) is 9.37 Å². The van der Waals surface area contributed by atoms with E-state index >= 15 is 0 Å². The molecule has 1 aromatic heterocycles. The Morgan fingerprint density at radius 2 is 2.00 bits per heavy atom. The van der Waals surface area contributed by atoms with Gasteiger partial charge in [0.1, 0.15) is 22.9 Å². The van der Waals surface area contributed by atoms with Crippen molar-refractivity contribution >= 4 is 11.6 Å². The molecule has 0 amide bonds. The summed E-state index contributed by atoms with van der Waals surface area (Å²) in [5, 5.41) is 9.06. The van der Waals surface area contributed by atoms with Crippen molar-refractivity contribution in [2.24, 2.45) is 7.05 Å². The second kappa shape index (κ2) is 3.95. The second-order valence-electron chi connectivity index (χ2n) is 3.25. The maximum atomic E-state index is 12.7. The Hall–Kier alpha value is -1.86. The van der Waals surface area contributed by atoms with Gasteiger partial charge in [0, 0.05) is 12.6 Å². The summed E-state index contributed by atoms with van der Waals surface area (Å²) < 4.78 is 14.3. The van der Waals surface area contributed by atoms with Crippen molar-refractivity contribution < 1.29 is 4.39 Å². The third kappa shape index (κ3) is 1.66. The number of aromatic nitrogens is 2. The van der Waals surface area contributed by atoms with E-state index in [9.17, 15) is 4.39 Å². The first-order valence-corrected chi connectivity index (χ1v) is 4.89. The average molecular weight is 236 g/mol. The lowest BCUT2D eigenvalue weighted by atomic mass is 10.2. The standard InChI is InChI=1S/C11H7ClFN3/c1-16-10(12)9(6-14)15-11(16)7-2-4-8(13)5-3-7/h2-5H,1H3. The van der Waals surface area contributed by atoms with Crippen LogP contribution in [0.15, 0.2) is 24.3 Å². The first-order valence-electron chi connectivity index (χ1n) is 4.51. The van der Waals surface area contributed by atoms with Crippen molar-refractivity contribution in [2.45, 2.75) is 0 Å². The number of nitriles is 1. The molecule has 16 heavy (non-hydrogen) atoms. The molecule has 1 aromatic carbocycles. The van der Waals surface area contributed by atoms with Crippen LogP contribution in [0.25, 0.3) is 11.4 Å². The lowest BCUT2D eigenvalue weighted by Crippen LogP contribution is -1.92. The topological polar surface area (TPSA) is 41.6 Å². The number of benzene rings is 1.